The summed E-state index contributed by atoms with van der Waals surface area (Å²) in [5.74, 6) is 1.09. The summed E-state index contributed by atoms with van der Waals surface area (Å²) in [6, 6.07) is -0.692. The van der Waals surface area contributed by atoms with Gasteiger partial charge in [-0.2, -0.15) is 0 Å². The molecule has 3 unspecified atom stereocenters. The van der Waals surface area contributed by atoms with Crippen LogP contribution in [0.3, 0.4) is 0 Å². The summed E-state index contributed by atoms with van der Waals surface area (Å²) >= 11 is 0. The Labute approximate surface area is 143 Å². The highest BCUT2D eigenvalue weighted by Crippen LogP contribution is 2.35. The van der Waals surface area contributed by atoms with E-state index in [1.165, 1.54) is 7.11 Å². The van der Waals surface area contributed by atoms with Crippen LogP contribution >= 0.6 is 0 Å². The van der Waals surface area contributed by atoms with Crippen molar-refractivity contribution < 1.29 is 14.3 Å². The van der Waals surface area contributed by atoms with Gasteiger partial charge in [0.1, 0.15) is 11.9 Å². The van der Waals surface area contributed by atoms with Gasteiger partial charge in [-0.15, -0.1) is 0 Å². The second kappa shape index (κ2) is 7.23. The van der Waals surface area contributed by atoms with Gasteiger partial charge in [-0.1, -0.05) is 20.8 Å². The Morgan fingerprint density at radius 2 is 2.04 bits per heavy atom. The molecule has 7 nitrogen and oxygen atoms in total. The van der Waals surface area contributed by atoms with E-state index in [2.05, 4.69) is 26.9 Å². The van der Waals surface area contributed by atoms with E-state index in [0.717, 1.165) is 23.6 Å². The van der Waals surface area contributed by atoms with E-state index in [9.17, 15) is 9.59 Å². The first-order chi connectivity index (χ1) is 11.2. The predicted octanol–water partition coefficient (Wildman–Crippen LogP) is 2.32. The minimum atomic E-state index is -0.609. The molecular weight excluding hydrogens is 308 g/mol. The molecule has 1 fully saturated rings. The highest BCUT2D eigenvalue weighted by atomic mass is 16.5. The van der Waals surface area contributed by atoms with Gasteiger partial charge < -0.3 is 19.9 Å². The fraction of sp³-hybridized carbons (Fsp3) is 0.706. The molecule has 1 aromatic rings. The molecule has 1 aliphatic rings. The van der Waals surface area contributed by atoms with Gasteiger partial charge >= 0.3 is 6.09 Å². The van der Waals surface area contributed by atoms with Crippen molar-refractivity contribution >= 4 is 12.0 Å². The molecule has 0 saturated carbocycles. The maximum absolute atomic E-state index is 13.1. The fourth-order valence-electron chi connectivity index (χ4n) is 3.16. The smallest absolute Gasteiger partial charge is 0.407 e. The third-order valence-corrected chi connectivity index (χ3v) is 4.65. The lowest BCUT2D eigenvalue weighted by atomic mass is 10.0. The largest absolute Gasteiger partial charge is 0.453 e. The van der Waals surface area contributed by atoms with Crippen LogP contribution in [0.2, 0.25) is 0 Å². The monoisotopic (exact) mass is 336 g/mol. The molecule has 24 heavy (non-hydrogen) atoms. The quantitative estimate of drug-likeness (QED) is 0.883. The van der Waals surface area contributed by atoms with Crippen LogP contribution in [0.1, 0.15) is 50.4 Å². The maximum atomic E-state index is 13.1. The Morgan fingerprint density at radius 3 is 2.54 bits per heavy atom. The van der Waals surface area contributed by atoms with Gasteiger partial charge in [-0.25, -0.2) is 9.78 Å². The molecule has 2 rings (SSSR count). The molecule has 0 bridgehead atoms. The summed E-state index contributed by atoms with van der Waals surface area (Å²) < 4.78 is 4.66. The molecule has 0 aliphatic carbocycles. The van der Waals surface area contributed by atoms with E-state index in [0.29, 0.717) is 12.5 Å². The Kier molecular flexibility index (Phi) is 5.51. The fourth-order valence-corrected chi connectivity index (χ4v) is 3.16. The van der Waals surface area contributed by atoms with Crippen molar-refractivity contribution in [1.29, 1.82) is 0 Å². The number of ether oxygens (including phenoxy) is 1. The molecular formula is C17H28N4O3. The molecule has 2 N–H and O–H groups in total. The van der Waals surface area contributed by atoms with Crippen LogP contribution < -0.4 is 5.32 Å². The van der Waals surface area contributed by atoms with Gasteiger partial charge in [0, 0.05) is 12.2 Å². The lowest BCUT2D eigenvalue weighted by Crippen LogP contribution is -2.51. The van der Waals surface area contributed by atoms with Crippen molar-refractivity contribution in [3.63, 3.8) is 0 Å². The number of hydrogen-bond acceptors (Lipinski definition) is 4. The SMILES string of the molecule is COC(=O)NC(C(=O)N1CC(C)CC1c1nc(C)c(C)[nH]1)C(C)C. The maximum Gasteiger partial charge on any atom is 0.407 e. The lowest BCUT2D eigenvalue weighted by Gasteiger charge is -2.30. The number of H-pyrrole nitrogens is 1. The van der Waals surface area contributed by atoms with Crippen molar-refractivity contribution in [2.75, 3.05) is 13.7 Å². The first-order valence-corrected chi connectivity index (χ1v) is 8.42. The molecule has 0 aromatic carbocycles. The third kappa shape index (κ3) is 3.71. The molecule has 3 atom stereocenters. The number of imidazole rings is 1. The van der Waals surface area contributed by atoms with Crippen molar-refractivity contribution in [3.8, 4) is 0 Å². The minimum Gasteiger partial charge on any atom is -0.453 e. The second-order valence-electron chi connectivity index (χ2n) is 7.04. The standard InChI is InChI=1S/C17H28N4O3/c1-9(2)14(20-17(23)24-6)16(22)21-8-10(3)7-13(21)15-18-11(4)12(5)19-15/h9-10,13-14H,7-8H2,1-6H3,(H,18,19)(H,20,23). The number of amides is 2. The highest BCUT2D eigenvalue weighted by molar-refractivity contribution is 5.86. The number of methoxy groups -OCH3 is 1. The second-order valence-corrected chi connectivity index (χ2v) is 7.04. The average molecular weight is 336 g/mol. The predicted molar refractivity (Wildman–Crippen MR) is 90.5 cm³/mol. The summed E-state index contributed by atoms with van der Waals surface area (Å²) in [6.45, 7) is 10.5. The Morgan fingerprint density at radius 1 is 1.38 bits per heavy atom. The van der Waals surface area contributed by atoms with Crippen LogP contribution in [-0.2, 0) is 9.53 Å². The molecule has 2 heterocycles. The van der Waals surface area contributed by atoms with Crippen molar-refractivity contribution in [2.45, 2.75) is 53.1 Å². The van der Waals surface area contributed by atoms with Gasteiger partial charge in [-0.05, 0) is 32.1 Å². The van der Waals surface area contributed by atoms with Crippen LogP contribution in [-0.4, -0.2) is 46.6 Å². The van der Waals surface area contributed by atoms with E-state index in [4.69, 9.17) is 0 Å². The third-order valence-electron chi connectivity index (χ3n) is 4.65. The lowest BCUT2D eigenvalue weighted by molar-refractivity contribution is -0.135. The molecule has 1 aliphatic heterocycles. The van der Waals surface area contributed by atoms with E-state index in [1.807, 2.05) is 32.6 Å². The zero-order valence-corrected chi connectivity index (χ0v) is 15.3. The number of hydrogen-bond donors (Lipinski definition) is 2. The van der Waals surface area contributed by atoms with Gasteiger partial charge in [0.05, 0.1) is 18.8 Å². The normalized spacial score (nSPS) is 21.9. The molecule has 134 valence electrons. The minimum absolute atomic E-state index is 0.0340. The number of rotatable bonds is 4. The Bertz CT molecular complexity index is 591. The summed E-state index contributed by atoms with van der Waals surface area (Å²) in [5.41, 5.74) is 1.97. The number of carbonyl (C=O) groups excluding carboxylic acids is 2. The number of likely N-dealkylation sites (tertiary alicyclic amines) is 1. The molecule has 1 saturated heterocycles. The van der Waals surface area contributed by atoms with Crippen LogP contribution in [0.4, 0.5) is 4.79 Å². The number of aromatic nitrogens is 2. The van der Waals surface area contributed by atoms with Crippen molar-refractivity contribution in [2.24, 2.45) is 11.8 Å². The van der Waals surface area contributed by atoms with Crippen LogP contribution in [0.5, 0.6) is 0 Å². The van der Waals surface area contributed by atoms with Crippen molar-refractivity contribution in [3.05, 3.63) is 17.2 Å². The van der Waals surface area contributed by atoms with Gasteiger partial charge in [0.2, 0.25) is 5.91 Å². The molecule has 0 spiro atoms. The number of nitrogens with zero attached hydrogens (tertiary/aromatic N) is 2. The van der Waals surface area contributed by atoms with Gasteiger partial charge in [-0.3, -0.25) is 4.79 Å². The van der Waals surface area contributed by atoms with Gasteiger partial charge in [0.25, 0.3) is 0 Å². The number of carbonyl (C=O) groups is 2. The topological polar surface area (TPSA) is 87.3 Å². The summed E-state index contributed by atoms with van der Waals surface area (Å²) in [6.07, 6.45) is 0.275. The van der Waals surface area contributed by atoms with E-state index < -0.39 is 12.1 Å². The molecule has 1 aromatic heterocycles. The van der Waals surface area contributed by atoms with Crippen molar-refractivity contribution in [1.82, 2.24) is 20.2 Å². The first kappa shape index (κ1) is 18.3. The average Bonchev–Trinajstić information content (AvgIpc) is 3.06. The van der Waals surface area contributed by atoms with Crippen LogP contribution in [0.15, 0.2) is 0 Å². The Balaban J connectivity index is 2.25. The van der Waals surface area contributed by atoms with Gasteiger partial charge in [0.15, 0.2) is 0 Å². The zero-order chi connectivity index (χ0) is 18.0. The zero-order valence-electron chi connectivity index (χ0n) is 15.3. The van der Waals surface area contributed by atoms with Crippen LogP contribution in [0, 0.1) is 25.7 Å². The molecule has 7 heteroatoms. The number of aromatic amines is 1. The highest BCUT2D eigenvalue weighted by Gasteiger charge is 2.40. The number of alkyl carbamates (subject to hydrolysis) is 1. The number of aryl methyl sites for hydroxylation is 2. The molecule has 0 radical (unpaired) electrons. The van der Waals surface area contributed by atoms with Crippen LogP contribution in [0.25, 0.3) is 0 Å². The summed E-state index contributed by atoms with van der Waals surface area (Å²) in [5, 5.41) is 2.66. The summed E-state index contributed by atoms with van der Waals surface area (Å²) in [4.78, 5) is 34.4. The Hall–Kier alpha value is -2.05. The van der Waals surface area contributed by atoms with E-state index >= 15 is 0 Å². The molecule has 2 amide bonds. The summed E-state index contributed by atoms with van der Waals surface area (Å²) in [7, 11) is 1.30. The van der Waals surface area contributed by atoms with E-state index in [-0.39, 0.29) is 17.9 Å². The van der Waals surface area contributed by atoms with E-state index in [1.54, 1.807) is 0 Å². The number of nitrogens with one attached hydrogen (secondary N) is 2. The first-order valence-electron chi connectivity index (χ1n) is 8.42.